The Hall–Kier alpha value is -2.36. The first-order chi connectivity index (χ1) is 10.6. The summed E-state index contributed by atoms with van der Waals surface area (Å²) in [5.74, 6) is 0.445. The van der Waals surface area contributed by atoms with Gasteiger partial charge in [0.15, 0.2) is 5.15 Å². The van der Waals surface area contributed by atoms with E-state index in [9.17, 15) is 4.79 Å². The minimum Gasteiger partial charge on any atom is -0.444 e. The van der Waals surface area contributed by atoms with Crippen LogP contribution in [0.2, 0.25) is 5.15 Å². The lowest BCUT2D eigenvalue weighted by atomic mass is 10.1. The molecule has 0 aliphatic carbocycles. The Labute approximate surface area is 134 Å². The highest BCUT2D eigenvalue weighted by atomic mass is 35.5. The molecule has 2 heterocycles. The first-order valence-corrected chi connectivity index (χ1v) is 7.57. The van der Waals surface area contributed by atoms with Gasteiger partial charge in [-0.15, -0.1) is 0 Å². The van der Waals surface area contributed by atoms with E-state index >= 15 is 0 Å². The Bertz CT molecular complexity index is 956. The van der Waals surface area contributed by atoms with Crippen molar-refractivity contribution in [2.24, 2.45) is 0 Å². The van der Waals surface area contributed by atoms with Crippen molar-refractivity contribution < 1.29 is 9.15 Å². The van der Waals surface area contributed by atoms with Gasteiger partial charge >= 0.3 is 5.63 Å². The number of rotatable bonds is 3. The molecule has 22 heavy (non-hydrogen) atoms. The predicted octanol–water partition coefficient (Wildman–Crippen LogP) is 4.13. The summed E-state index contributed by atoms with van der Waals surface area (Å²) in [6.45, 7) is 1.97. The molecular formula is C15H9ClN2O3S. The molecule has 0 radical (unpaired) electrons. The zero-order valence-corrected chi connectivity index (χ0v) is 13.0. The lowest BCUT2D eigenvalue weighted by molar-refractivity contribution is 0.492. The number of hydrogen-bond acceptors (Lipinski definition) is 6. The molecule has 0 atom stereocenters. The van der Waals surface area contributed by atoms with E-state index in [0.717, 1.165) is 28.9 Å². The Morgan fingerprint density at radius 1 is 1.45 bits per heavy atom. The molecule has 7 heteroatoms. The average molecular weight is 333 g/mol. The molecule has 0 saturated carbocycles. The number of fused-ring (bicyclic) bond motifs is 1. The molecule has 0 aliphatic heterocycles. The van der Waals surface area contributed by atoms with Gasteiger partial charge < -0.3 is 9.15 Å². The molecular weight excluding hydrogens is 324 g/mol. The van der Waals surface area contributed by atoms with Crippen molar-refractivity contribution in [1.82, 2.24) is 4.37 Å². The average Bonchev–Trinajstić information content (AvgIpc) is 2.85. The number of aryl methyl sites for hydroxylation is 1. The van der Waals surface area contributed by atoms with Crippen LogP contribution < -0.4 is 10.4 Å². The van der Waals surface area contributed by atoms with Crippen molar-refractivity contribution in [3.8, 4) is 16.9 Å². The van der Waals surface area contributed by atoms with Gasteiger partial charge in [-0.3, -0.25) is 0 Å². The van der Waals surface area contributed by atoms with Crippen LogP contribution in [0.25, 0.3) is 11.0 Å². The maximum Gasteiger partial charge on any atom is 0.336 e. The molecule has 5 nitrogen and oxygen atoms in total. The van der Waals surface area contributed by atoms with Crippen LogP contribution in [-0.2, 0) is 6.42 Å². The quantitative estimate of drug-likeness (QED) is 0.674. The third-order valence-electron chi connectivity index (χ3n) is 3.12. The van der Waals surface area contributed by atoms with Crippen molar-refractivity contribution in [1.29, 1.82) is 5.26 Å². The van der Waals surface area contributed by atoms with E-state index in [0.29, 0.717) is 16.4 Å². The summed E-state index contributed by atoms with van der Waals surface area (Å²) in [5.41, 5.74) is 1.14. The van der Waals surface area contributed by atoms with Crippen molar-refractivity contribution in [2.75, 3.05) is 0 Å². The summed E-state index contributed by atoms with van der Waals surface area (Å²) in [6, 6.07) is 8.61. The number of nitriles is 1. The Morgan fingerprint density at radius 3 is 3.00 bits per heavy atom. The van der Waals surface area contributed by atoms with Gasteiger partial charge in [0.2, 0.25) is 5.06 Å². The van der Waals surface area contributed by atoms with Crippen LogP contribution >= 0.6 is 23.1 Å². The van der Waals surface area contributed by atoms with Gasteiger partial charge in [0.05, 0.1) is 0 Å². The summed E-state index contributed by atoms with van der Waals surface area (Å²) < 4.78 is 14.7. The number of hydrogen-bond donors (Lipinski definition) is 0. The Morgan fingerprint density at radius 2 is 2.27 bits per heavy atom. The number of ether oxygens (including phenoxy) is 1. The van der Waals surface area contributed by atoms with Gasteiger partial charge in [0, 0.05) is 29.1 Å². The maximum absolute atomic E-state index is 11.6. The van der Waals surface area contributed by atoms with E-state index in [1.54, 1.807) is 12.1 Å². The van der Waals surface area contributed by atoms with Crippen LogP contribution in [0.15, 0.2) is 33.5 Å². The van der Waals surface area contributed by atoms with E-state index in [2.05, 4.69) is 4.37 Å². The summed E-state index contributed by atoms with van der Waals surface area (Å²) >= 11 is 6.80. The Balaban J connectivity index is 2.06. The largest absolute Gasteiger partial charge is 0.444 e. The lowest BCUT2D eigenvalue weighted by Crippen LogP contribution is -1.99. The molecule has 0 spiro atoms. The normalized spacial score (nSPS) is 10.6. The zero-order chi connectivity index (χ0) is 15.7. The SMILES string of the molecule is CCc1cc(=O)oc2cc(Oc3snc(Cl)c3C#N)ccc12. The highest BCUT2D eigenvalue weighted by Crippen LogP contribution is 2.34. The van der Waals surface area contributed by atoms with Crippen LogP contribution in [0.5, 0.6) is 10.8 Å². The van der Waals surface area contributed by atoms with E-state index in [4.69, 9.17) is 26.0 Å². The topological polar surface area (TPSA) is 76.1 Å². The zero-order valence-electron chi connectivity index (χ0n) is 11.4. The van der Waals surface area contributed by atoms with Crippen molar-refractivity contribution in [2.45, 2.75) is 13.3 Å². The summed E-state index contributed by atoms with van der Waals surface area (Å²) in [4.78, 5) is 11.6. The highest BCUT2D eigenvalue weighted by Gasteiger charge is 2.14. The fourth-order valence-electron chi connectivity index (χ4n) is 2.09. The summed E-state index contributed by atoms with van der Waals surface area (Å²) in [5, 5.41) is 10.3. The van der Waals surface area contributed by atoms with Crippen LogP contribution in [0.3, 0.4) is 0 Å². The van der Waals surface area contributed by atoms with Crippen LogP contribution in [0, 0.1) is 11.3 Å². The first kappa shape index (κ1) is 14.6. The standard InChI is InChI=1S/C15H9ClN2O3S/c1-2-8-5-13(19)21-12-6-9(3-4-10(8)12)20-15-11(7-17)14(16)18-22-15/h3-6H,2H2,1H3. The summed E-state index contributed by atoms with van der Waals surface area (Å²) in [6.07, 6.45) is 0.728. The molecule has 2 aromatic heterocycles. The number of halogens is 1. The molecule has 0 fully saturated rings. The lowest BCUT2D eigenvalue weighted by Gasteiger charge is -2.06. The van der Waals surface area contributed by atoms with Gasteiger partial charge in [0.1, 0.15) is 23.0 Å². The van der Waals surface area contributed by atoms with E-state index in [-0.39, 0.29) is 10.7 Å². The van der Waals surface area contributed by atoms with Crippen molar-refractivity contribution in [3.63, 3.8) is 0 Å². The second-order valence-corrected chi connectivity index (χ2v) is 5.55. The van der Waals surface area contributed by atoms with Crippen molar-refractivity contribution in [3.05, 3.63) is 51.0 Å². The minimum atomic E-state index is -0.403. The number of nitrogens with zero attached hydrogens (tertiary/aromatic N) is 2. The molecule has 0 unspecified atom stereocenters. The third-order valence-corrected chi connectivity index (χ3v) is 4.22. The van der Waals surface area contributed by atoms with Gasteiger partial charge in [-0.25, -0.2) is 4.79 Å². The highest BCUT2D eigenvalue weighted by molar-refractivity contribution is 7.08. The molecule has 3 aromatic rings. The predicted molar refractivity (Wildman–Crippen MR) is 83.8 cm³/mol. The third kappa shape index (κ3) is 2.56. The molecule has 1 aromatic carbocycles. The van der Waals surface area contributed by atoms with E-state index in [1.165, 1.54) is 6.07 Å². The van der Waals surface area contributed by atoms with Crippen LogP contribution in [0.4, 0.5) is 0 Å². The summed E-state index contributed by atoms with van der Waals surface area (Å²) in [7, 11) is 0. The molecule has 0 N–H and O–H groups in total. The molecule has 110 valence electrons. The molecule has 0 aliphatic rings. The molecule has 0 saturated heterocycles. The Kier molecular flexibility index (Phi) is 3.84. The smallest absolute Gasteiger partial charge is 0.336 e. The monoisotopic (exact) mass is 332 g/mol. The van der Waals surface area contributed by atoms with Crippen LogP contribution in [0.1, 0.15) is 18.1 Å². The fraction of sp³-hybridized carbons (Fsp3) is 0.133. The van der Waals surface area contributed by atoms with Crippen molar-refractivity contribution >= 4 is 34.1 Å². The molecule has 3 rings (SSSR count). The van der Waals surface area contributed by atoms with Gasteiger partial charge in [0.25, 0.3) is 0 Å². The van der Waals surface area contributed by atoms with Gasteiger partial charge in [-0.2, -0.15) is 9.64 Å². The van der Waals surface area contributed by atoms with E-state index in [1.807, 2.05) is 19.1 Å². The fourth-order valence-corrected chi connectivity index (χ4v) is 3.00. The minimum absolute atomic E-state index is 0.114. The molecule has 0 amide bonds. The second-order valence-electron chi connectivity index (χ2n) is 4.45. The number of aromatic nitrogens is 1. The first-order valence-electron chi connectivity index (χ1n) is 6.42. The second kappa shape index (κ2) is 5.79. The van der Waals surface area contributed by atoms with E-state index < -0.39 is 5.63 Å². The number of benzene rings is 1. The van der Waals surface area contributed by atoms with Gasteiger partial charge in [-0.1, -0.05) is 18.5 Å². The van der Waals surface area contributed by atoms with Gasteiger partial charge in [-0.05, 0) is 24.1 Å². The maximum atomic E-state index is 11.6. The van der Waals surface area contributed by atoms with Crippen LogP contribution in [-0.4, -0.2) is 4.37 Å². The molecule has 0 bridgehead atoms.